The minimum atomic E-state index is -0.719. The smallest absolute Gasteiger partial charge is 0.246 e. The van der Waals surface area contributed by atoms with Crippen molar-refractivity contribution < 1.29 is 23.0 Å². The predicted molar refractivity (Wildman–Crippen MR) is 99.5 cm³/mol. The van der Waals surface area contributed by atoms with Gasteiger partial charge >= 0.3 is 0 Å². The SMILES string of the molecule is CCOc1cc2c(cc1NC(C)C(=O)Nc1cc(F)ccc1F)OC(C)C2. The maximum atomic E-state index is 13.7. The van der Waals surface area contributed by atoms with Crippen LogP contribution in [0.25, 0.3) is 0 Å². The van der Waals surface area contributed by atoms with E-state index in [2.05, 4.69) is 10.6 Å². The van der Waals surface area contributed by atoms with Crippen molar-refractivity contribution in [2.45, 2.75) is 39.3 Å². The average Bonchev–Trinajstić information content (AvgIpc) is 2.97. The Kier molecular flexibility index (Phi) is 5.48. The topological polar surface area (TPSA) is 59.6 Å². The van der Waals surface area contributed by atoms with Gasteiger partial charge in [0.05, 0.1) is 18.0 Å². The second-order valence-electron chi connectivity index (χ2n) is 6.50. The van der Waals surface area contributed by atoms with Crippen LogP contribution in [0.3, 0.4) is 0 Å². The summed E-state index contributed by atoms with van der Waals surface area (Å²) >= 11 is 0. The molecule has 5 nitrogen and oxygen atoms in total. The molecular weight excluding hydrogens is 354 g/mol. The number of hydrogen-bond acceptors (Lipinski definition) is 4. The lowest BCUT2D eigenvalue weighted by atomic mass is 10.1. The third-order valence-electron chi connectivity index (χ3n) is 4.25. The quantitative estimate of drug-likeness (QED) is 0.796. The Balaban J connectivity index is 1.76. The van der Waals surface area contributed by atoms with Gasteiger partial charge in [-0.15, -0.1) is 0 Å². The fourth-order valence-electron chi connectivity index (χ4n) is 2.96. The third-order valence-corrected chi connectivity index (χ3v) is 4.25. The number of carbonyl (C=O) groups excluding carboxylic acids is 1. The van der Waals surface area contributed by atoms with Gasteiger partial charge < -0.3 is 20.1 Å². The molecule has 0 spiro atoms. The van der Waals surface area contributed by atoms with Gasteiger partial charge in [0.25, 0.3) is 0 Å². The van der Waals surface area contributed by atoms with Gasteiger partial charge in [-0.1, -0.05) is 0 Å². The van der Waals surface area contributed by atoms with Crippen molar-refractivity contribution >= 4 is 17.3 Å². The first-order valence-corrected chi connectivity index (χ1v) is 8.86. The van der Waals surface area contributed by atoms with E-state index in [1.807, 2.05) is 19.9 Å². The van der Waals surface area contributed by atoms with Gasteiger partial charge in [-0.2, -0.15) is 0 Å². The molecule has 1 amide bonds. The summed E-state index contributed by atoms with van der Waals surface area (Å²) in [4.78, 5) is 12.4. The van der Waals surface area contributed by atoms with E-state index >= 15 is 0 Å². The van der Waals surface area contributed by atoms with Crippen molar-refractivity contribution in [2.24, 2.45) is 0 Å². The Labute approximate surface area is 156 Å². The Bertz CT molecular complexity index is 857. The van der Waals surface area contributed by atoms with Crippen LogP contribution in [0.15, 0.2) is 30.3 Å². The molecule has 0 saturated carbocycles. The largest absolute Gasteiger partial charge is 0.492 e. The van der Waals surface area contributed by atoms with Gasteiger partial charge in [0.2, 0.25) is 5.91 Å². The highest BCUT2D eigenvalue weighted by Gasteiger charge is 2.23. The Morgan fingerprint density at radius 3 is 2.81 bits per heavy atom. The van der Waals surface area contributed by atoms with Gasteiger partial charge in [0.15, 0.2) is 0 Å². The van der Waals surface area contributed by atoms with Gasteiger partial charge in [-0.25, -0.2) is 8.78 Å². The van der Waals surface area contributed by atoms with E-state index in [0.717, 1.165) is 35.9 Å². The molecule has 2 N–H and O–H groups in total. The summed E-state index contributed by atoms with van der Waals surface area (Å²) < 4.78 is 38.4. The third kappa shape index (κ3) is 4.30. The molecule has 0 radical (unpaired) electrons. The summed E-state index contributed by atoms with van der Waals surface area (Å²) in [5, 5.41) is 5.45. The number of rotatable bonds is 6. The Hall–Kier alpha value is -2.83. The van der Waals surface area contributed by atoms with E-state index < -0.39 is 23.6 Å². The van der Waals surface area contributed by atoms with Crippen LogP contribution in [0.5, 0.6) is 11.5 Å². The number of amides is 1. The number of benzene rings is 2. The van der Waals surface area contributed by atoms with E-state index in [-0.39, 0.29) is 11.8 Å². The van der Waals surface area contributed by atoms with Crippen molar-refractivity contribution in [3.63, 3.8) is 0 Å². The number of ether oxygens (including phenoxy) is 2. The molecule has 2 unspecified atom stereocenters. The molecular formula is C20H22F2N2O3. The number of nitrogens with one attached hydrogen (secondary N) is 2. The summed E-state index contributed by atoms with van der Waals surface area (Å²) in [5.74, 6) is -0.470. The van der Waals surface area contributed by atoms with Crippen molar-refractivity contribution in [3.05, 3.63) is 47.5 Å². The number of carbonyl (C=O) groups is 1. The van der Waals surface area contributed by atoms with Crippen LogP contribution in [0, 0.1) is 11.6 Å². The highest BCUT2D eigenvalue weighted by Crippen LogP contribution is 2.38. The van der Waals surface area contributed by atoms with E-state index in [1.54, 1.807) is 13.0 Å². The van der Waals surface area contributed by atoms with Gasteiger partial charge in [-0.05, 0) is 39.0 Å². The molecule has 1 heterocycles. The molecule has 2 aromatic carbocycles. The first-order valence-electron chi connectivity index (χ1n) is 8.86. The number of anilines is 2. The molecule has 1 aliphatic heterocycles. The normalized spacial score (nSPS) is 16.3. The lowest BCUT2D eigenvalue weighted by molar-refractivity contribution is -0.116. The van der Waals surface area contributed by atoms with Gasteiger partial charge in [0, 0.05) is 24.1 Å². The number of hydrogen-bond donors (Lipinski definition) is 2. The fraction of sp³-hybridized carbons (Fsp3) is 0.350. The summed E-state index contributed by atoms with van der Waals surface area (Å²) in [6.07, 6.45) is 0.881. The molecule has 27 heavy (non-hydrogen) atoms. The molecule has 144 valence electrons. The lowest BCUT2D eigenvalue weighted by Gasteiger charge is -2.19. The van der Waals surface area contributed by atoms with Gasteiger partial charge in [-0.3, -0.25) is 4.79 Å². The summed E-state index contributed by atoms with van der Waals surface area (Å²) in [5.41, 5.74) is 1.45. The van der Waals surface area contributed by atoms with Crippen LogP contribution in [-0.2, 0) is 11.2 Å². The van der Waals surface area contributed by atoms with E-state index in [9.17, 15) is 13.6 Å². The van der Waals surface area contributed by atoms with Crippen LogP contribution in [0.1, 0.15) is 26.3 Å². The maximum Gasteiger partial charge on any atom is 0.246 e. The molecule has 0 saturated heterocycles. The van der Waals surface area contributed by atoms with Crippen molar-refractivity contribution in [3.8, 4) is 11.5 Å². The number of halogens is 2. The molecule has 0 aliphatic carbocycles. The van der Waals surface area contributed by atoms with Crippen LogP contribution >= 0.6 is 0 Å². The highest BCUT2D eigenvalue weighted by molar-refractivity contribution is 5.96. The molecule has 0 fully saturated rings. The Morgan fingerprint density at radius 2 is 2.07 bits per heavy atom. The minimum absolute atomic E-state index is 0.0846. The first kappa shape index (κ1) is 18.9. The Morgan fingerprint density at radius 1 is 1.30 bits per heavy atom. The van der Waals surface area contributed by atoms with Crippen LogP contribution < -0.4 is 20.1 Å². The standard InChI is InChI=1S/C20H22F2N2O3/c1-4-26-19-8-13-7-11(2)27-18(13)10-17(19)23-12(3)20(25)24-16-9-14(21)5-6-15(16)22/h5-6,8-12,23H,4,7H2,1-3H3,(H,24,25). The van der Waals surface area contributed by atoms with Crippen LogP contribution in [0.4, 0.5) is 20.2 Å². The van der Waals surface area contributed by atoms with E-state index in [4.69, 9.17) is 9.47 Å². The zero-order chi connectivity index (χ0) is 19.6. The second kappa shape index (κ2) is 7.82. The second-order valence-corrected chi connectivity index (χ2v) is 6.50. The monoisotopic (exact) mass is 376 g/mol. The van der Waals surface area contributed by atoms with Crippen LogP contribution in [-0.4, -0.2) is 24.7 Å². The summed E-state index contributed by atoms with van der Waals surface area (Å²) in [7, 11) is 0. The van der Waals surface area contributed by atoms with Crippen molar-refractivity contribution in [2.75, 3.05) is 17.2 Å². The maximum absolute atomic E-state index is 13.7. The number of fused-ring (bicyclic) bond motifs is 1. The van der Waals surface area contributed by atoms with Gasteiger partial charge in [0.1, 0.15) is 35.3 Å². The predicted octanol–water partition coefficient (Wildman–Crippen LogP) is 4.13. The van der Waals surface area contributed by atoms with E-state index in [1.165, 1.54) is 0 Å². The zero-order valence-electron chi connectivity index (χ0n) is 15.4. The molecule has 1 aliphatic rings. The van der Waals surface area contributed by atoms with Crippen molar-refractivity contribution in [1.29, 1.82) is 0 Å². The molecule has 2 atom stereocenters. The molecule has 2 aromatic rings. The van der Waals surface area contributed by atoms with E-state index in [0.29, 0.717) is 18.0 Å². The fourth-order valence-corrected chi connectivity index (χ4v) is 2.96. The lowest BCUT2D eigenvalue weighted by Crippen LogP contribution is -2.32. The van der Waals surface area contributed by atoms with Crippen molar-refractivity contribution in [1.82, 2.24) is 0 Å². The molecule has 0 aromatic heterocycles. The highest BCUT2D eigenvalue weighted by atomic mass is 19.1. The summed E-state index contributed by atoms with van der Waals surface area (Å²) in [6, 6.07) is 5.89. The minimum Gasteiger partial charge on any atom is -0.492 e. The first-order chi connectivity index (χ1) is 12.9. The zero-order valence-corrected chi connectivity index (χ0v) is 15.4. The molecule has 0 bridgehead atoms. The molecule has 7 heteroatoms. The average molecular weight is 376 g/mol. The summed E-state index contributed by atoms with van der Waals surface area (Å²) in [6.45, 7) is 5.95. The molecule has 3 rings (SSSR count). The van der Waals surface area contributed by atoms with Crippen LogP contribution in [0.2, 0.25) is 0 Å².